The van der Waals surface area contributed by atoms with Gasteiger partial charge in [0.1, 0.15) is 5.69 Å². The summed E-state index contributed by atoms with van der Waals surface area (Å²) in [5, 5.41) is 2.26. The average molecular weight is 363 g/mol. The van der Waals surface area contributed by atoms with E-state index in [4.69, 9.17) is 0 Å². The largest absolute Gasteiger partial charge is 0.377 e. The van der Waals surface area contributed by atoms with Gasteiger partial charge in [0, 0.05) is 30.2 Å². The van der Waals surface area contributed by atoms with Crippen LogP contribution in [0.2, 0.25) is 0 Å². The van der Waals surface area contributed by atoms with Gasteiger partial charge in [-0.2, -0.15) is 0 Å². The Morgan fingerprint density at radius 1 is 1.15 bits per heavy atom. The topological polar surface area (TPSA) is 40.2 Å². The zero-order valence-electron chi connectivity index (χ0n) is 14.0. The summed E-state index contributed by atoms with van der Waals surface area (Å²) in [7, 11) is 0. The van der Waals surface area contributed by atoms with Crippen LogP contribution in [0, 0.1) is 23.3 Å². The average Bonchev–Trinajstić information content (AvgIpc) is 3.16. The first-order chi connectivity index (χ1) is 12.5. The van der Waals surface area contributed by atoms with Gasteiger partial charge in [0.15, 0.2) is 23.3 Å². The summed E-state index contributed by atoms with van der Waals surface area (Å²) < 4.78 is 58.3. The van der Waals surface area contributed by atoms with Gasteiger partial charge < -0.3 is 10.3 Å². The first-order valence-corrected chi connectivity index (χ1v) is 7.68. The number of aromatic nitrogens is 1. The van der Waals surface area contributed by atoms with Crippen LogP contribution in [0.15, 0.2) is 54.3 Å². The predicted octanol–water partition coefficient (Wildman–Crippen LogP) is 5.21. The van der Waals surface area contributed by atoms with Crippen LogP contribution in [-0.2, 0) is 0 Å². The molecule has 0 amide bonds. The number of allylic oxidation sites excluding steroid dienone is 1. The standard InChI is InChI=1S/C19H17F4N3/c1-4-9-26-19-17(22)15(20)14(16(21)18(19)23)13(11(5-2)24-6-3)12-8-7-10-25-12/h4-8,10,25-26H,1-2,9H2,3H3/b13-11+,24-6-. The monoisotopic (exact) mass is 363 g/mol. The van der Waals surface area contributed by atoms with E-state index in [9.17, 15) is 17.6 Å². The molecule has 7 heteroatoms. The lowest BCUT2D eigenvalue weighted by Gasteiger charge is -2.16. The Labute approximate surface area is 148 Å². The Hall–Kier alpha value is -3.09. The van der Waals surface area contributed by atoms with Crippen molar-refractivity contribution in [2.24, 2.45) is 4.99 Å². The zero-order chi connectivity index (χ0) is 19.3. The summed E-state index contributed by atoms with van der Waals surface area (Å²) in [5.74, 6) is -6.14. The van der Waals surface area contributed by atoms with Gasteiger partial charge in [0.2, 0.25) is 0 Å². The van der Waals surface area contributed by atoms with Crippen molar-refractivity contribution in [3.05, 3.63) is 83.9 Å². The Morgan fingerprint density at radius 3 is 2.27 bits per heavy atom. The highest BCUT2D eigenvalue weighted by atomic mass is 19.2. The lowest BCUT2D eigenvalue weighted by atomic mass is 9.97. The Kier molecular flexibility index (Phi) is 6.16. The SMILES string of the molecule is C=CCNc1c(F)c(F)c(/C(=C(C=C)/N=C\C)c2ccc[nH]2)c(F)c1F. The number of hydrogen-bond acceptors (Lipinski definition) is 2. The van der Waals surface area contributed by atoms with Crippen molar-refractivity contribution in [1.29, 1.82) is 0 Å². The molecule has 0 spiro atoms. The number of rotatable bonds is 7. The van der Waals surface area contributed by atoms with Crippen molar-refractivity contribution in [3.63, 3.8) is 0 Å². The second-order valence-electron chi connectivity index (χ2n) is 5.11. The Balaban J connectivity index is 2.86. The molecule has 0 saturated carbocycles. The van der Waals surface area contributed by atoms with Crippen molar-refractivity contribution < 1.29 is 17.6 Å². The fraction of sp³-hybridized carbons (Fsp3) is 0.105. The van der Waals surface area contributed by atoms with Crippen molar-refractivity contribution in [2.75, 3.05) is 11.9 Å². The van der Waals surface area contributed by atoms with Crippen LogP contribution >= 0.6 is 0 Å². The van der Waals surface area contributed by atoms with Crippen LogP contribution in [0.4, 0.5) is 23.2 Å². The van der Waals surface area contributed by atoms with Crippen molar-refractivity contribution >= 4 is 17.5 Å². The lowest BCUT2D eigenvalue weighted by Crippen LogP contribution is -2.11. The van der Waals surface area contributed by atoms with E-state index in [2.05, 4.69) is 28.5 Å². The normalized spacial score (nSPS) is 12.2. The second-order valence-corrected chi connectivity index (χ2v) is 5.11. The minimum absolute atomic E-state index is 0.0540. The van der Waals surface area contributed by atoms with Gasteiger partial charge in [0.25, 0.3) is 0 Å². The van der Waals surface area contributed by atoms with Crippen LogP contribution < -0.4 is 5.32 Å². The summed E-state index contributed by atoms with van der Waals surface area (Å²) >= 11 is 0. The van der Waals surface area contributed by atoms with E-state index in [1.165, 1.54) is 30.6 Å². The summed E-state index contributed by atoms with van der Waals surface area (Å²) in [6.45, 7) is 8.46. The van der Waals surface area contributed by atoms with Gasteiger partial charge >= 0.3 is 0 Å². The molecule has 0 radical (unpaired) electrons. The highest BCUT2D eigenvalue weighted by Crippen LogP contribution is 2.36. The maximum Gasteiger partial charge on any atom is 0.185 e. The van der Waals surface area contributed by atoms with Gasteiger partial charge in [-0.15, -0.1) is 6.58 Å². The number of halogens is 4. The molecule has 2 N–H and O–H groups in total. The highest BCUT2D eigenvalue weighted by Gasteiger charge is 2.29. The van der Waals surface area contributed by atoms with Gasteiger partial charge in [-0.05, 0) is 25.1 Å². The zero-order valence-corrected chi connectivity index (χ0v) is 14.0. The third-order valence-corrected chi connectivity index (χ3v) is 3.52. The Bertz CT molecular complexity index is 852. The number of benzene rings is 1. The van der Waals surface area contributed by atoms with E-state index >= 15 is 0 Å². The number of aromatic amines is 1. The summed E-state index contributed by atoms with van der Waals surface area (Å²) in [4.78, 5) is 6.76. The van der Waals surface area contributed by atoms with E-state index in [1.807, 2.05) is 0 Å². The van der Waals surface area contributed by atoms with Crippen LogP contribution in [0.3, 0.4) is 0 Å². The molecule has 0 aliphatic heterocycles. The number of nitrogens with one attached hydrogen (secondary N) is 2. The first-order valence-electron chi connectivity index (χ1n) is 7.68. The van der Waals surface area contributed by atoms with E-state index in [0.717, 1.165) is 0 Å². The summed E-state index contributed by atoms with van der Waals surface area (Å²) in [5.41, 5.74) is -1.63. The number of H-pyrrole nitrogens is 1. The number of anilines is 1. The molecule has 2 aromatic rings. The molecular weight excluding hydrogens is 346 g/mol. The minimum Gasteiger partial charge on any atom is -0.377 e. The number of aliphatic imine (C=N–C) groups is 1. The summed E-state index contributed by atoms with van der Waals surface area (Å²) in [6, 6.07) is 3.08. The first kappa shape index (κ1) is 19.2. The van der Waals surface area contributed by atoms with E-state index in [0.29, 0.717) is 0 Å². The van der Waals surface area contributed by atoms with E-state index < -0.39 is 34.5 Å². The maximum atomic E-state index is 14.7. The molecule has 0 bridgehead atoms. The fourth-order valence-electron chi connectivity index (χ4n) is 2.43. The third kappa shape index (κ3) is 3.46. The molecule has 2 rings (SSSR count). The highest BCUT2D eigenvalue weighted by molar-refractivity contribution is 5.84. The molecule has 1 aromatic heterocycles. The van der Waals surface area contributed by atoms with Crippen molar-refractivity contribution in [1.82, 2.24) is 4.98 Å². The molecule has 3 nitrogen and oxygen atoms in total. The van der Waals surface area contributed by atoms with Gasteiger partial charge in [0.05, 0.1) is 11.3 Å². The van der Waals surface area contributed by atoms with Gasteiger partial charge in [-0.1, -0.05) is 12.7 Å². The summed E-state index contributed by atoms with van der Waals surface area (Å²) in [6.07, 6.45) is 5.43. The fourth-order valence-corrected chi connectivity index (χ4v) is 2.43. The van der Waals surface area contributed by atoms with E-state index in [1.54, 1.807) is 13.0 Å². The van der Waals surface area contributed by atoms with Crippen molar-refractivity contribution in [3.8, 4) is 0 Å². The van der Waals surface area contributed by atoms with Crippen LogP contribution in [0.1, 0.15) is 18.2 Å². The maximum absolute atomic E-state index is 14.7. The quantitative estimate of drug-likeness (QED) is 0.229. The third-order valence-electron chi connectivity index (χ3n) is 3.52. The van der Waals surface area contributed by atoms with Gasteiger partial charge in [-0.3, -0.25) is 4.99 Å². The molecule has 1 heterocycles. The molecule has 0 unspecified atom stereocenters. The second kappa shape index (κ2) is 8.33. The lowest BCUT2D eigenvalue weighted by molar-refractivity contribution is 0.455. The van der Waals surface area contributed by atoms with Crippen LogP contribution in [0.25, 0.3) is 5.57 Å². The van der Waals surface area contributed by atoms with Crippen molar-refractivity contribution in [2.45, 2.75) is 6.92 Å². The molecule has 1 aromatic carbocycles. The predicted molar refractivity (Wildman–Crippen MR) is 96.1 cm³/mol. The molecule has 0 atom stereocenters. The Morgan fingerprint density at radius 2 is 1.81 bits per heavy atom. The molecule has 0 saturated heterocycles. The smallest absolute Gasteiger partial charge is 0.185 e. The van der Waals surface area contributed by atoms with Crippen LogP contribution in [0.5, 0.6) is 0 Å². The number of nitrogens with zero attached hydrogens (tertiary/aromatic N) is 1. The van der Waals surface area contributed by atoms with E-state index in [-0.39, 0.29) is 23.5 Å². The molecule has 136 valence electrons. The molecular formula is C19H17F4N3. The molecule has 0 aliphatic carbocycles. The molecule has 0 aliphatic rings. The van der Waals surface area contributed by atoms with Crippen LogP contribution in [-0.4, -0.2) is 17.7 Å². The van der Waals surface area contributed by atoms with Gasteiger partial charge in [-0.25, -0.2) is 17.6 Å². The molecule has 26 heavy (non-hydrogen) atoms. The number of hydrogen-bond donors (Lipinski definition) is 2. The minimum atomic E-state index is -1.54. The molecule has 0 fully saturated rings.